The van der Waals surface area contributed by atoms with Crippen LogP contribution in [-0.4, -0.2) is 46.0 Å². The first kappa shape index (κ1) is 31.7. The first-order valence-corrected chi connectivity index (χ1v) is 17.4. The molecule has 0 atom stereocenters. The first-order valence-electron chi connectivity index (χ1n) is 10.5. The zero-order chi connectivity index (χ0) is 24.7. The Balaban J connectivity index is 0. The van der Waals surface area contributed by atoms with Crippen molar-refractivity contribution in [2.24, 2.45) is 0 Å². The summed E-state index contributed by atoms with van der Waals surface area (Å²) >= 11 is 0. The van der Waals surface area contributed by atoms with Gasteiger partial charge in [-0.25, -0.2) is 0 Å². The van der Waals surface area contributed by atoms with Crippen LogP contribution >= 0.6 is 0 Å². The van der Waals surface area contributed by atoms with Gasteiger partial charge in [0, 0.05) is 0 Å². The van der Waals surface area contributed by atoms with Gasteiger partial charge < -0.3 is 8.85 Å². The highest BCUT2D eigenvalue weighted by Gasteiger charge is 2.54. The SMILES string of the molecule is C=CC(F)(F)C(CC)(CC)O[Si](C)(C)C.CCC(CC)(O[Si](C)(C)C)C(F)(F)C=O. The Morgan fingerprint density at radius 3 is 1.13 bits per heavy atom. The van der Waals surface area contributed by atoms with Gasteiger partial charge >= 0.3 is 5.92 Å². The Bertz CT molecular complexity index is 485. The van der Waals surface area contributed by atoms with Gasteiger partial charge in [-0.05, 0) is 71.0 Å². The smallest absolute Gasteiger partial charge is 0.329 e. The molecular weight excluding hydrogens is 432 g/mol. The van der Waals surface area contributed by atoms with Crippen molar-refractivity contribution in [1.82, 2.24) is 0 Å². The predicted octanol–water partition coefficient (Wildman–Crippen LogP) is 7.45. The number of hydrogen-bond acceptors (Lipinski definition) is 3. The first-order chi connectivity index (χ1) is 13.3. The molecule has 0 saturated carbocycles. The van der Waals surface area contributed by atoms with Crippen LogP contribution in [0.1, 0.15) is 53.4 Å². The quantitative estimate of drug-likeness (QED) is 0.127. The molecule has 0 rings (SSSR count). The van der Waals surface area contributed by atoms with Gasteiger partial charge in [0.05, 0.1) is 0 Å². The summed E-state index contributed by atoms with van der Waals surface area (Å²) in [7, 11) is -4.09. The summed E-state index contributed by atoms with van der Waals surface area (Å²) in [6, 6.07) is 0. The van der Waals surface area contributed by atoms with Crippen molar-refractivity contribution in [2.45, 2.75) is 116 Å². The number of carbonyl (C=O) groups excluding carboxylic acids is 1. The lowest BCUT2D eigenvalue weighted by atomic mass is 9.90. The molecule has 0 aliphatic rings. The maximum Gasteiger partial charge on any atom is 0.329 e. The van der Waals surface area contributed by atoms with Crippen LogP contribution < -0.4 is 0 Å². The van der Waals surface area contributed by atoms with Gasteiger partial charge in [-0.2, -0.15) is 17.6 Å². The predicted molar refractivity (Wildman–Crippen MR) is 122 cm³/mol. The number of aldehydes is 1. The number of carbonyl (C=O) groups is 1. The molecule has 9 heteroatoms. The lowest BCUT2D eigenvalue weighted by molar-refractivity contribution is -0.174. The Hall–Kier alpha value is -0.516. The monoisotopic (exact) mass is 474 g/mol. The highest BCUT2D eigenvalue weighted by Crippen LogP contribution is 2.41. The number of hydrogen-bond donors (Lipinski definition) is 0. The topological polar surface area (TPSA) is 35.5 Å². The molecule has 3 nitrogen and oxygen atoms in total. The molecule has 0 unspecified atom stereocenters. The molecule has 180 valence electrons. The molecule has 0 fully saturated rings. The molecule has 0 saturated heterocycles. The second kappa shape index (κ2) is 11.4. The second-order valence-corrected chi connectivity index (χ2v) is 18.3. The van der Waals surface area contributed by atoms with Crippen molar-refractivity contribution < 1.29 is 31.2 Å². The van der Waals surface area contributed by atoms with E-state index >= 15 is 0 Å². The molecule has 0 aliphatic heterocycles. The number of rotatable bonds is 12. The number of alkyl halides is 4. The number of halogens is 4. The fourth-order valence-corrected chi connectivity index (χ4v) is 6.53. The summed E-state index contributed by atoms with van der Waals surface area (Å²) < 4.78 is 65.9. The third-order valence-electron chi connectivity index (χ3n) is 4.91. The second-order valence-electron chi connectivity index (χ2n) is 9.40. The third-order valence-corrected chi connectivity index (χ3v) is 6.91. The van der Waals surface area contributed by atoms with Crippen molar-refractivity contribution >= 4 is 22.9 Å². The van der Waals surface area contributed by atoms with Crippen molar-refractivity contribution in [3.63, 3.8) is 0 Å². The largest absolute Gasteiger partial charge is 0.406 e. The minimum Gasteiger partial charge on any atom is -0.406 e. The molecule has 0 spiro atoms. The molecule has 0 aromatic rings. The van der Waals surface area contributed by atoms with Crippen LogP contribution in [0.2, 0.25) is 39.3 Å². The lowest BCUT2D eigenvalue weighted by Gasteiger charge is -2.42. The molecule has 0 aromatic heterocycles. The summed E-state index contributed by atoms with van der Waals surface area (Å²) in [5, 5.41) is 0. The third kappa shape index (κ3) is 8.55. The minimum absolute atomic E-state index is 0.138. The van der Waals surface area contributed by atoms with Crippen molar-refractivity contribution in [3.05, 3.63) is 12.7 Å². The standard InChI is InChI=1S/C11H22F2OSi.C10H20F2O2Si/c1-7-10(8-2,11(12,13)9-3)14-15(4,5)6;1-6-9(7-2,10(11,12)8-13)14-15(3,4)5/h9H,3,7-8H2,1-2,4-6H3;8H,6-7H2,1-5H3. The van der Waals surface area contributed by atoms with Gasteiger partial charge in [-0.15, -0.1) is 0 Å². The Labute approximate surface area is 182 Å². The molecular formula is C21H42F4O3Si2. The summed E-state index contributed by atoms with van der Waals surface area (Å²) in [6.07, 6.45) is 1.29. The lowest BCUT2D eigenvalue weighted by Crippen LogP contribution is -2.55. The van der Waals surface area contributed by atoms with E-state index in [1.807, 2.05) is 39.3 Å². The van der Waals surface area contributed by atoms with E-state index in [-0.39, 0.29) is 19.1 Å². The van der Waals surface area contributed by atoms with E-state index in [1.54, 1.807) is 27.7 Å². The fraction of sp³-hybridized carbons (Fsp3) is 0.857. The molecule has 0 radical (unpaired) electrons. The van der Waals surface area contributed by atoms with E-state index in [4.69, 9.17) is 8.85 Å². The van der Waals surface area contributed by atoms with Crippen LogP contribution in [0.4, 0.5) is 17.6 Å². The summed E-state index contributed by atoms with van der Waals surface area (Å²) in [4.78, 5) is 10.5. The summed E-state index contributed by atoms with van der Waals surface area (Å²) in [6.45, 7) is 21.2. The van der Waals surface area contributed by atoms with Gasteiger partial charge in [-0.3, -0.25) is 4.79 Å². The normalized spacial score (nSPS) is 14.1. The molecule has 0 aliphatic carbocycles. The van der Waals surface area contributed by atoms with E-state index in [0.29, 0.717) is 18.9 Å². The van der Waals surface area contributed by atoms with Crippen LogP contribution in [0.3, 0.4) is 0 Å². The Morgan fingerprint density at radius 1 is 0.700 bits per heavy atom. The highest BCUT2D eigenvalue weighted by atomic mass is 28.4. The molecule has 0 N–H and O–H groups in total. The summed E-state index contributed by atoms with van der Waals surface area (Å²) in [5.74, 6) is -6.37. The highest BCUT2D eigenvalue weighted by molar-refractivity contribution is 6.70. The van der Waals surface area contributed by atoms with Crippen LogP contribution in [-0.2, 0) is 13.6 Å². The van der Waals surface area contributed by atoms with Crippen molar-refractivity contribution in [2.75, 3.05) is 0 Å². The molecule has 30 heavy (non-hydrogen) atoms. The summed E-state index contributed by atoms with van der Waals surface area (Å²) in [5.41, 5.74) is -3.00. The van der Waals surface area contributed by atoms with Crippen LogP contribution in [0.25, 0.3) is 0 Å². The maximum absolute atomic E-state index is 13.8. The van der Waals surface area contributed by atoms with Gasteiger partial charge in [0.2, 0.25) is 0 Å². The van der Waals surface area contributed by atoms with Gasteiger partial charge in [0.15, 0.2) is 22.9 Å². The van der Waals surface area contributed by atoms with Gasteiger partial charge in [-0.1, -0.05) is 34.3 Å². The van der Waals surface area contributed by atoms with Crippen LogP contribution in [0.15, 0.2) is 12.7 Å². The van der Waals surface area contributed by atoms with E-state index in [1.165, 1.54) is 0 Å². The molecule has 0 heterocycles. The van der Waals surface area contributed by atoms with Crippen LogP contribution in [0.5, 0.6) is 0 Å². The van der Waals surface area contributed by atoms with E-state index in [0.717, 1.165) is 0 Å². The average molecular weight is 475 g/mol. The molecule has 0 bridgehead atoms. The van der Waals surface area contributed by atoms with E-state index in [2.05, 4.69) is 6.58 Å². The van der Waals surface area contributed by atoms with E-state index < -0.39 is 39.7 Å². The Morgan fingerprint density at radius 2 is 0.967 bits per heavy atom. The maximum atomic E-state index is 13.8. The molecule has 0 aromatic carbocycles. The zero-order valence-corrected chi connectivity index (χ0v) is 22.4. The van der Waals surface area contributed by atoms with Crippen molar-refractivity contribution in [1.29, 1.82) is 0 Å². The Kier molecular flexibility index (Phi) is 12.0. The minimum atomic E-state index is -3.41. The molecule has 0 amide bonds. The van der Waals surface area contributed by atoms with Gasteiger partial charge in [0.25, 0.3) is 5.92 Å². The fourth-order valence-electron chi connectivity index (χ4n) is 3.33. The average Bonchev–Trinajstić information content (AvgIpc) is 2.62. The van der Waals surface area contributed by atoms with E-state index in [9.17, 15) is 22.4 Å². The van der Waals surface area contributed by atoms with Crippen molar-refractivity contribution in [3.8, 4) is 0 Å². The van der Waals surface area contributed by atoms with Gasteiger partial charge in [0.1, 0.15) is 11.2 Å². The zero-order valence-electron chi connectivity index (χ0n) is 20.4. The van der Waals surface area contributed by atoms with Crippen LogP contribution in [0, 0.1) is 0 Å².